The van der Waals surface area contributed by atoms with Gasteiger partial charge in [0.1, 0.15) is 0 Å². The van der Waals surface area contributed by atoms with Crippen LogP contribution in [0.3, 0.4) is 0 Å². The summed E-state index contributed by atoms with van der Waals surface area (Å²) in [6, 6.07) is 0. The van der Waals surface area contributed by atoms with Crippen molar-refractivity contribution in [3.63, 3.8) is 0 Å². The minimum Gasteiger partial charge on any atom is -0.412 e. The Hall–Kier alpha value is 0.709. The van der Waals surface area contributed by atoms with Gasteiger partial charge in [-0.1, -0.05) is 59.3 Å². The zero-order chi connectivity index (χ0) is 15.6. The minimum absolute atomic E-state index is 0. The monoisotopic (exact) mass is 438 g/mol. The summed E-state index contributed by atoms with van der Waals surface area (Å²) >= 11 is 2.11. The molecule has 2 atom stereocenters. The van der Waals surface area contributed by atoms with E-state index in [2.05, 4.69) is 32.5 Å². The van der Waals surface area contributed by atoms with Gasteiger partial charge < -0.3 is 35.6 Å². The number of hydrogen-bond donors (Lipinski definition) is 1. The van der Waals surface area contributed by atoms with Crippen molar-refractivity contribution in [3.8, 4) is 0 Å². The first kappa shape index (κ1) is 37.5. The summed E-state index contributed by atoms with van der Waals surface area (Å²) in [4.78, 5) is 0. The van der Waals surface area contributed by atoms with Crippen LogP contribution < -0.4 is 0 Å². The van der Waals surface area contributed by atoms with Crippen molar-refractivity contribution >= 4 is 11.8 Å². The Morgan fingerprint density at radius 1 is 0.923 bits per heavy atom. The number of aliphatic hydroxyl groups excluding tert-OH is 1. The summed E-state index contributed by atoms with van der Waals surface area (Å²) in [6.07, 6.45) is 12.3. The topological polar surface area (TPSA) is 92.5 Å². The summed E-state index contributed by atoms with van der Waals surface area (Å²) in [5.41, 5.74) is 0. The summed E-state index contributed by atoms with van der Waals surface area (Å²) in [7, 11) is 0. The van der Waals surface area contributed by atoms with E-state index in [0.717, 1.165) is 24.2 Å². The molecule has 6 heteroatoms. The van der Waals surface area contributed by atoms with Gasteiger partial charge >= 0.3 is 17.1 Å². The molecule has 2 saturated carbocycles. The fourth-order valence-electron chi connectivity index (χ4n) is 3.09. The van der Waals surface area contributed by atoms with Gasteiger partial charge in [0, 0.05) is 23.2 Å². The van der Waals surface area contributed by atoms with Crippen LogP contribution in [-0.2, 0) is 21.8 Å². The average molecular weight is 438 g/mol. The fraction of sp³-hybridized carbons (Fsp3) is 0.900. The van der Waals surface area contributed by atoms with Crippen LogP contribution in [0.4, 0.5) is 0 Å². The van der Waals surface area contributed by atoms with Gasteiger partial charge in [0.05, 0.1) is 6.61 Å². The van der Waals surface area contributed by atoms with Crippen LogP contribution in [0.2, 0.25) is 0 Å². The number of aliphatic hydroxyl groups is 1. The van der Waals surface area contributed by atoms with Gasteiger partial charge in [0.15, 0.2) is 0 Å². The van der Waals surface area contributed by atoms with E-state index in [1.165, 1.54) is 51.4 Å². The van der Waals surface area contributed by atoms with Crippen molar-refractivity contribution < 1.29 is 37.9 Å². The van der Waals surface area contributed by atoms with Gasteiger partial charge in [-0.25, -0.2) is 0 Å². The maximum absolute atomic E-state index is 8.68. The maximum atomic E-state index is 8.68. The number of rotatable bonds is 6. The molecular formula is C20H46FeO4S. The standard InChI is InChI=1S/C13H26O2S.C5H10.2CH3.Fe.2H2O/c1-13(2,3)16-12-7-4-6-11(12)10-15-9-5-8-14;1-2-4-5-3-1;;;;;/h11-12,14H,4-10H2,1-3H3;1-5H2;2*1H3;;2*1H2/q;;2*-1;+2;;. The van der Waals surface area contributed by atoms with Gasteiger partial charge in [0.2, 0.25) is 0 Å². The quantitative estimate of drug-likeness (QED) is 0.381. The zero-order valence-corrected chi connectivity index (χ0v) is 19.7. The first-order valence-electron chi connectivity index (χ1n) is 8.89. The van der Waals surface area contributed by atoms with Crippen LogP contribution in [0.25, 0.3) is 0 Å². The predicted octanol–water partition coefficient (Wildman–Crippen LogP) is 4.28. The smallest absolute Gasteiger partial charge is 0.412 e. The molecule has 0 heterocycles. The molecule has 0 aromatic carbocycles. The Morgan fingerprint density at radius 3 is 1.85 bits per heavy atom. The second-order valence-electron chi connectivity index (χ2n) is 7.38. The molecule has 0 bridgehead atoms. The van der Waals surface area contributed by atoms with Gasteiger partial charge in [-0.05, 0) is 25.2 Å². The Kier molecular flexibility index (Phi) is 31.7. The second-order valence-corrected chi connectivity index (χ2v) is 9.45. The summed E-state index contributed by atoms with van der Waals surface area (Å²) in [5.74, 6) is 0.725. The van der Waals surface area contributed by atoms with E-state index in [0.29, 0.717) is 11.4 Å². The van der Waals surface area contributed by atoms with E-state index >= 15 is 0 Å². The molecule has 26 heavy (non-hydrogen) atoms. The van der Waals surface area contributed by atoms with Crippen molar-refractivity contribution in [2.24, 2.45) is 5.92 Å². The molecule has 0 radical (unpaired) electrons. The third-order valence-corrected chi connectivity index (χ3v) is 5.75. The van der Waals surface area contributed by atoms with Crippen LogP contribution in [0.1, 0.15) is 78.6 Å². The molecule has 0 saturated heterocycles. The van der Waals surface area contributed by atoms with E-state index in [9.17, 15) is 0 Å². The second kappa shape index (κ2) is 22.0. The van der Waals surface area contributed by atoms with Crippen LogP contribution in [-0.4, -0.2) is 45.9 Å². The molecule has 2 unspecified atom stereocenters. The average Bonchev–Trinajstić information content (AvgIpc) is 3.07. The molecule has 2 rings (SSSR count). The molecule has 2 aliphatic rings. The normalized spacial score (nSPS) is 20.8. The fourth-order valence-corrected chi connectivity index (χ4v) is 4.69. The first-order valence-corrected chi connectivity index (χ1v) is 9.77. The van der Waals surface area contributed by atoms with Crippen molar-refractivity contribution in [2.45, 2.75) is 88.6 Å². The Morgan fingerprint density at radius 2 is 1.42 bits per heavy atom. The molecule has 0 aromatic heterocycles. The Labute approximate surface area is 178 Å². The third kappa shape index (κ3) is 19.5. The third-order valence-electron chi connectivity index (χ3n) is 4.12. The minimum atomic E-state index is 0. The molecule has 0 spiro atoms. The van der Waals surface area contributed by atoms with E-state index in [1.807, 2.05) is 0 Å². The van der Waals surface area contributed by atoms with Crippen LogP contribution in [0.15, 0.2) is 0 Å². The van der Waals surface area contributed by atoms with Crippen LogP contribution in [0.5, 0.6) is 0 Å². The molecule has 2 aliphatic carbocycles. The zero-order valence-electron chi connectivity index (χ0n) is 17.8. The summed E-state index contributed by atoms with van der Waals surface area (Å²) in [5, 5.41) is 9.45. The van der Waals surface area contributed by atoms with Crippen LogP contribution in [0, 0.1) is 20.8 Å². The number of ether oxygens (including phenoxy) is 1. The molecular weight excluding hydrogens is 392 g/mol. The van der Waals surface area contributed by atoms with Gasteiger partial charge in [-0.3, -0.25) is 0 Å². The van der Waals surface area contributed by atoms with Gasteiger partial charge in [-0.2, -0.15) is 11.8 Å². The maximum Gasteiger partial charge on any atom is 2.00 e. The Bertz CT molecular complexity index is 251. The molecule has 5 N–H and O–H groups in total. The number of hydrogen-bond acceptors (Lipinski definition) is 3. The van der Waals surface area contributed by atoms with E-state index in [-0.39, 0.29) is 49.5 Å². The van der Waals surface area contributed by atoms with E-state index in [4.69, 9.17) is 9.84 Å². The molecule has 0 aliphatic heterocycles. The van der Waals surface area contributed by atoms with Crippen LogP contribution >= 0.6 is 11.8 Å². The predicted molar refractivity (Wildman–Crippen MR) is 114 cm³/mol. The summed E-state index contributed by atoms with van der Waals surface area (Å²) < 4.78 is 5.99. The van der Waals surface area contributed by atoms with Gasteiger partial charge in [-0.15, -0.1) is 0 Å². The SMILES string of the molecule is C1CCCC1.CC(C)(C)SC1CCCC1COCCCO.O.O.[CH3-].[CH3-].[Fe+2]. The van der Waals surface area contributed by atoms with Crippen molar-refractivity contribution in [1.82, 2.24) is 0 Å². The molecule has 0 aromatic rings. The first-order chi connectivity index (χ1) is 10.0. The van der Waals surface area contributed by atoms with Crippen molar-refractivity contribution in [1.29, 1.82) is 0 Å². The largest absolute Gasteiger partial charge is 2.00 e. The summed E-state index contributed by atoms with van der Waals surface area (Å²) in [6.45, 7) is 8.71. The van der Waals surface area contributed by atoms with E-state index in [1.54, 1.807) is 0 Å². The molecule has 2 fully saturated rings. The molecule has 4 nitrogen and oxygen atoms in total. The van der Waals surface area contributed by atoms with Gasteiger partial charge in [0.25, 0.3) is 0 Å². The number of thioether (sulfide) groups is 1. The molecule has 0 amide bonds. The van der Waals surface area contributed by atoms with Crippen molar-refractivity contribution in [3.05, 3.63) is 14.9 Å². The van der Waals surface area contributed by atoms with Crippen molar-refractivity contribution in [2.75, 3.05) is 19.8 Å². The Balaban J connectivity index is -0.000000129. The molecule has 164 valence electrons. The van der Waals surface area contributed by atoms with E-state index < -0.39 is 0 Å².